The molecule has 0 radical (unpaired) electrons. The van der Waals surface area contributed by atoms with Crippen LogP contribution in [0.2, 0.25) is 0 Å². The van der Waals surface area contributed by atoms with Gasteiger partial charge in [-0.15, -0.1) is 5.10 Å². The topological polar surface area (TPSA) is 140 Å². The molecule has 10 nitrogen and oxygen atoms in total. The van der Waals surface area contributed by atoms with E-state index in [-0.39, 0.29) is 31.7 Å². The first-order valence-electron chi connectivity index (χ1n) is 5.97. The molecule has 11 heteroatoms. The van der Waals surface area contributed by atoms with Gasteiger partial charge in [-0.05, 0) is 6.42 Å². The highest BCUT2D eigenvalue weighted by Crippen LogP contribution is 1.99. The van der Waals surface area contributed by atoms with Gasteiger partial charge in [-0.2, -0.15) is 0 Å². The zero-order valence-electron chi connectivity index (χ0n) is 11.4. The zero-order valence-corrected chi connectivity index (χ0v) is 12.2. The fourth-order valence-corrected chi connectivity index (χ4v) is 2.44. The predicted octanol–water partition coefficient (Wildman–Crippen LogP) is -1.26. The Labute approximate surface area is 121 Å². The minimum atomic E-state index is -3.55. The van der Waals surface area contributed by atoms with E-state index in [2.05, 4.69) is 19.8 Å². The lowest BCUT2D eigenvalue weighted by molar-refractivity contribution is -0.140. The Bertz CT molecular complexity index is 596. The van der Waals surface area contributed by atoms with Crippen molar-refractivity contribution < 1.29 is 27.9 Å². The van der Waals surface area contributed by atoms with E-state index < -0.39 is 22.0 Å². The summed E-state index contributed by atoms with van der Waals surface area (Å²) in [5.41, 5.74) is 0.299. The van der Waals surface area contributed by atoms with Crippen LogP contribution in [0.5, 0.6) is 0 Å². The molecule has 0 spiro atoms. The summed E-state index contributed by atoms with van der Waals surface area (Å²) in [6.07, 6.45) is 1.50. The number of hydrogen-bond acceptors (Lipinski definition) is 7. The Balaban J connectivity index is 2.40. The summed E-state index contributed by atoms with van der Waals surface area (Å²) in [5, 5.41) is 15.7. The van der Waals surface area contributed by atoms with E-state index in [1.165, 1.54) is 13.3 Å². The number of aliphatic carboxylic acids is 1. The van der Waals surface area contributed by atoms with E-state index in [0.717, 1.165) is 4.68 Å². The molecular weight excluding hydrogens is 304 g/mol. The molecule has 118 valence electrons. The van der Waals surface area contributed by atoms with Crippen LogP contribution in [0.4, 0.5) is 0 Å². The zero-order chi connectivity index (χ0) is 15.9. The Morgan fingerprint density at radius 2 is 2.19 bits per heavy atom. The van der Waals surface area contributed by atoms with Crippen LogP contribution in [0.15, 0.2) is 6.20 Å². The maximum atomic E-state index is 11.6. The summed E-state index contributed by atoms with van der Waals surface area (Å²) in [6, 6.07) is 0. The number of carbonyl (C=O) groups is 2. The second-order valence-corrected chi connectivity index (χ2v) is 6.05. The second-order valence-electron chi connectivity index (χ2n) is 4.12. The number of nitrogens with one attached hydrogen (secondary N) is 1. The first-order chi connectivity index (χ1) is 9.82. The van der Waals surface area contributed by atoms with Crippen LogP contribution in [-0.2, 0) is 37.4 Å². The Hall–Kier alpha value is -2.01. The summed E-state index contributed by atoms with van der Waals surface area (Å²) in [5.74, 6) is -1.76. The van der Waals surface area contributed by atoms with E-state index in [4.69, 9.17) is 5.11 Å². The largest absolute Gasteiger partial charge is 0.480 e. The third kappa shape index (κ3) is 6.81. The molecule has 0 unspecified atom stereocenters. The van der Waals surface area contributed by atoms with Crippen molar-refractivity contribution in [2.45, 2.75) is 25.9 Å². The number of rotatable bonds is 9. The molecule has 0 aliphatic heterocycles. The molecule has 2 N–H and O–H groups in total. The van der Waals surface area contributed by atoms with Gasteiger partial charge in [-0.25, -0.2) is 17.8 Å². The van der Waals surface area contributed by atoms with Gasteiger partial charge in [0.05, 0.1) is 31.3 Å². The number of esters is 1. The third-order valence-corrected chi connectivity index (χ3v) is 3.79. The van der Waals surface area contributed by atoms with Gasteiger partial charge in [0, 0.05) is 6.42 Å². The number of aromatic nitrogens is 3. The average Bonchev–Trinajstić information content (AvgIpc) is 2.83. The summed E-state index contributed by atoms with van der Waals surface area (Å²) < 4.78 is 31.1. The van der Waals surface area contributed by atoms with Crippen molar-refractivity contribution in [1.29, 1.82) is 0 Å². The fourth-order valence-electron chi connectivity index (χ4n) is 1.40. The van der Waals surface area contributed by atoms with Crippen LogP contribution in [0.3, 0.4) is 0 Å². The minimum Gasteiger partial charge on any atom is -0.480 e. The molecule has 0 saturated carbocycles. The molecule has 1 rings (SSSR count). The van der Waals surface area contributed by atoms with Gasteiger partial charge in [0.15, 0.2) is 0 Å². The summed E-state index contributed by atoms with van der Waals surface area (Å²) in [4.78, 5) is 21.3. The normalized spacial score (nSPS) is 11.3. The van der Waals surface area contributed by atoms with Gasteiger partial charge in [0.2, 0.25) is 10.0 Å². The number of hydrogen-bond donors (Lipinski definition) is 2. The van der Waals surface area contributed by atoms with Crippen molar-refractivity contribution in [2.75, 3.05) is 12.9 Å². The third-order valence-electron chi connectivity index (χ3n) is 2.38. The number of sulfonamides is 1. The fraction of sp³-hybridized carbons (Fsp3) is 0.600. The molecule has 1 aromatic rings. The summed E-state index contributed by atoms with van der Waals surface area (Å²) >= 11 is 0. The highest BCUT2D eigenvalue weighted by molar-refractivity contribution is 7.89. The van der Waals surface area contributed by atoms with Crippen molar-refractivity contribution in [3.05, 3.63) is 11.9 Å². The van der Waals surface area contributed by atoms with Crippen molar-refractivity contribution >= 4 is 22.0 Å². The number of ether oxygens (including phenoxy) is 1. The molecule has 0 aliphatic rings. The molecule has 0 amide bonds. The lowest BCUT2D eigenvalue weighted by Crippen LogP contribution is -2.26. The van der Waals surface area contributed by atoms with E-state index in [0.29, 0.717) is 5.69 Å². The van der Waals surface area contributed by atoms with Gasteiger partial charge >= 0.3 is 11.9 Å². The Kier molecular flexibility index (Phi) is 6.24. The average molecular weight is 320 g/mol. The smallest absolute Gasteiger partial charge is 0.325 e. The molecule has 0 atom stereocenters. The summed E-state index contributed by atoms with van der Waals surface area (Å²) in [7, 11) is -2.32. The van der Waals surface area contributed by atoms with Crippen molar-refractivity contribution in [3.63, 3.8) is 0 Å². The Morgan fingerprint density at radius 3 is 2.81 bits per heavy atom. The maximum Gasteiger partial charge on any atom is 0.325 e. The molecule has 0 bridgehead atoms. The standard InChI is InChI=1S/C10H16N4O6S/c1-20-10(17)3-2-4-21(18,19)11-5-8-6-14(13-12-8)7-9(15)16/h6,11H,2-5,7H2,1H3,(H,15,16). The minimum absolute atomic E-state index is 0.0200. The van der Waals surface area contributed by atoms with Crippen LogP contribution >= 0.6 is 0 Å². The molecule has 1 heterocycles. The van der Waals surface area contributed by atoms with Crippen molar-refractivity contribution in [1.82, 2.24) is 19.7 Å². The highest BCUT2D eigenvalue weighted by atomic mass is 32.2. The molecule has 21 heavy (non-hydrogen) atoms. The second kappa shape index (κ2) is 7.69. The van der Waals surface area contributed by atoms with Gasteiger partial charge in [0.1, 0.15) is 6.54 Å². The predicted molar refractivity (Wildman–Crippen MR) is 69.5 cm³/mol. The molecule has 0 saturated heterocycles. The molecular formula is C10H16N4O6S. The van der Waals surface area contributed by atoms with Crippen LogP contribution in [0.1, 0.15) is 18.5 Å². The quantitative estimate of drug-likeness (QED) is 0.537. The molecule has 0 aromatic carbocycles. The van der Waals surface area contributed by atoms with Crippen molar-refractivity contribution in [2.24, 2.45) is 0 Å². The maximum absolute atomic E-state index is 11.6. The van der Waals surface area contributed by atoms with Gasteiger partial charge in [-0.1, -0.05) is 5.21 Å². The van der Waals surface area contributed by atoms with Gasteiger partial charge < -0.3 is 9.84 Å². The summed E-state index contributed by atoms with van der Waals surface area (Å²) in [6.45, 7) is -0.445. The number of carboxylic acid groups (broad SMARTS) is 1. The SMILES string of the molecule is COC(=O)CCCS(=O)(=O)NCc1cn(CC(=O)O)nn1. The first-order valence-corrected chi connectivity index (χ1v) is 7.62. The monoisotopic (exact) mass is 320 g/mol. The van der Waals surface area contributed by atoms with E-state index in [9.17, 15) is 18.0 Å². The number of carbonyl (C=O) groups excluding carboxylic acids is 1. The number of nitrogens with zero attached hydrogens (tertiary/aromatic N) is 3. The van der Waals surface area contributed by atoms with E-state index >= 15 is 0 Å². The van der Waals surface area contributed by atoms with E-state index in [1.54, 1.807) is 0 Å². The van der Waals surface area contributed by atoms with E-state index in [1.807, 2.05) is 0 Å². The van der Waals surface area contributed by atoms with Gasteiger partial charge in [0.25, 0.3) is 0 Å². The lowest BCUT2D eigenvalue weighted by atomic mass is 10.3. The Morgan fingerprint density at radius 1 is 1.48 bits per heavy atom. The highest BCUT2D eigenvalue weighted by Gasteiger charge is 2.13. The van der Waals surface area contributed by atoms with Gasteiger partial charge in [-0.3, -0.25) is 9.59 Å². The lowest BCUT2D eigenvalue weighted by Gasteiger charge is -2.04. The number of methoxy groups -OCH3 is 1. The number of carboxylic acids is 1. The van der Waals surface area contributed by atoms with Crippen LogP contribution in [0, 0.1) is 0 Å². The molecule has 1 aromatic heterocycles. The molecule has 0 fully saturated rings. The molecule has 0 aliphatic carbocycles. The van der Waals surface area contributed by atoms with Crippen molar-refractivity contribution in [3.8, 4) is 0 Å². The van der Waals surface area contributed by atoms with Crippen LogP contribution < -0.4 is 4.72 Å². The van der Waals surface area contributed by atoms with Crippen LogP contribution in [0.25, 0.3) is 0 Å². The van der Waals surface area contributed by atoms with Crippen LogP contribution in [-0.4, -0.2) is 53.3 Å². The first kappa shape index (κ1) is 17.0.